The van der Waals surface area contributed by atoms with E-state index < -0.39 is 28.6 Å². The lowest BCUT2D eigenvalue weighted by atomic mass is 10.1. The average molecular weight is 356 g/mol. The van der Waals surface area contributed by atoms with Crippen LogP contribution in [0.5, 0.6) is 0 Å². The minimum absolute atomic E-state index is 0.157. The maximum Gasteiger partial charge on any atom is 0.355 e. The SMILES string of the molecule is COC(=O)C1=C(C(=O)OC)N(c2cc(F)cc(F)c2Cl)C=CC=C1. The lowest BCUT2D eigenvalue weighted by molar-refractivity contribution is -0.139. The van der Waals surface area contributed by atoms with Gasteiger partial charge in [0.2, 0.25) is 0 Å². The van der Waals surface area contributed by atoms with Crippen molar-refractivity contribution in [2.75, 3.05) is 19.1 Å². The van der Waals surface area contributed by atoms with Crippen molar-refractivity contribution in [2.24, 2.45) is 0 Å². The molecule has 0 radical (unpaired) electrons. The van der Waals surface area contributed by atoms with E-state index >= 15 is 0 Å². The Bertz CT molecular complexity index is 787. The van der Waals surface area contributed by atoms with Gasteiger partial charge in [-0.1, -0.05) is 17.7 Å². The minimum Gasteiger partial charge on any atom is -0.465 e. The van der Waals surface area contributed by atoms with E-state index in [1.807, 2.05) is 0 Å². The van der Waals surface area contributed by atoms with Crippen LogP contribution in [0, 0.1) is 11.6 Å². The lowest BCUT2D eigenvalue weighted by Gasteiger charge is -2.24. The monoisotopic (exact) mass is 355 g/mol. The average Bonchev–Trinajstić information content (AvgIpc) is 2.79. The Morgan fingerprint density at radius 2 is 1.75 bits per heavy atom. The fourth-order valence-corrected chi connectivity index (χ4v) is 2.27. The second-order valence-corrected chi connectivity index (χ2v) is 4.91. The first kappa shape index (κ1) is 17.7. The summed E-state index contributed by atoms with van der Waals surface area (Å²) in [6.45, 7) is 0. The van der Waals surface area contributed by atoms with Crippen LogP contribution in [0.3, 0.4) is 0 Å². The van der Waals surface area contributed by atoms with Gasteiger partial charge in [-0.3, -0.25) is 0 Å². The fraction of sp³-hybridized carbons (Fsp3) is 0.125. The molecule has 126 valence electrons. The van der Waals surface area contributed by atoms with E-state index in [4.69, 9.17) is 11.6 Å². The Morgan fingerprint density at radius 1 is 1.08 bits per heavy atom. The third kappa shape index (κ3) is 3.30. The number of anilines is 1. The molecule has 0 spiro atoms. The third-order valence-electron chi connectivity index (χ3n) is 3.12. The molecule has 5 nitrogen and oxygen atoms in total. The van der Waals surface area contributed by atoms with Crippen LogP contribution in [0.15, 0.2) is 47.8 Å². The normalized spacial score (nSPS) is 13.8. The van der Waals surface area contributed by atoms with Gasteiger partial charge in [0.05, 0.1) is 25.5 Å². The van der Waals surface area contributed by atoms with Crippen molar-refractivity contribution in [1.82, 2.24) is 0 Å². The van der Waals surface area contributed by atoms with Gasteiger partial charge < -0.3 is 14.4 Å². The van der Waals surface area contributed by atoms with Crippen LogP contribution < -0.4 is 4.90 Å². The summed E-state index contributed by atoms with van der Waals surface area (Å²) in [6.07, 6.45) is 5.55. The van der Waals surface area contributed by atoms with Crippen molar-refractivity contribution in [3.05, 3.63) is 64.5 Å². The Balaban J connectivity index is 2.75. The number of benzene rings is 1. The molecule has 2 rings (SSSR count). The summed E-state index contributed by atoms with van der Waals surface area (Å²) >= 11 is 5.90. The van der Waals surface area contributed by atoms with Crippen LogP contribution in [0.25, 0.3) is 0 Å². The predicted octanol–water partition coefficient (Wildman–Crippen LogP) is 3.11. The summed E-state index contributed by atoms with van der Waals surface area (Å²) in [6, 6.07) is 1.53. The van der Waals surface area contributed by atoms with Crippen LogP contribution >= 0.6 is 11.6 Å². The second kappa shape index (κ2) is 7.27. The van der Waals surface area contributed by atoms with Crippen LogP contribution in [0.1, 0.15) is 0 Å². The number of nitrogens with zero attached hydrogens (tertiary/aromatic N) is 1. The van der Waals surface area contributed by atoms with Crippen molar-refractivity contribution in [3.63, 3.8) is 0 Å². The van der Waals surface area contributed by atoms with Gasteiger partial charge in [-0.25, -0.2) is 18.4 Å². The van der Waals surface area contributed by atoms with E-state index in [-0.39, 0.29) is 17.0 Å². The van der Waals surface area contributed by atoms with Crippen molar-refractivity contribution < 1.29 is 27.8 Å². The van der Waals surface area contributed by atoms with Gasteiger partial charge in [-0.05, 0) is 18.2 Å². The van der Waals surface area contributed by atoms with Crippen molar-refractivity contribution >= 4 is 29.2 Å². The summed E-state index contributed by atoms with van der Waals surface area (Å²) < 4.78 is 36.7. The quantitative estimate of drug-likeness (QED) is 0.616. The first-order chi connectivity index (χ1) is 11.4. The Kier molecular flexibility index (Phi) is 5.35. The summed E-state index contributed by atoms with van der Waals surface area (Å²) in [4.78, 5) is 25.2. The molecule has 0 unspecified atom stereocenters. The van der Waals surface area contributed by atoms with Gasteiger partial charge in [-0.2, -0.15) is 0 Å². The number of halogens is 3. The summed E-state index contributed by atoms with van der Waals surface area (Å²) in [5.74, 6) is -3.65. The zero-order valence-corrected chi connectivity index (χ0v) is 13.4. The number of rotatable bonds is 3. The molecule has 8 heteroatoms. The minimum atomic E-state index is -1.01. The molecule has 0 fully saturated rings. The Labute approximate surface area is 141 Å². The molecule has 1 heterocycles. The standard InChI is InChI=1S/C16H12ClF2NO4/c1-23-15(21)10-5-3-4-6-20(14(10)16(22)24-2)12-8-9(18)7-11(19)13(12)17/h3-8H,1-2H3. The molecule has 0 atom stereocenters. The molecule has 1 aliphatic rings. The van der Waals surface area contributed by atoms with Gasteiger partial charge in [0.1, 0.15) is 22.4 Å². The number of esters is 2. The molecule has 1 aromatic rings. The summed E-state index contributed by atoms with van der Waals surface area (Å²) in [5, 5.41) is -0.423. The van der Waals surface area contributed by atoms with Crippen molar-refractivity contribution in [3.8, 4) is 0 Å². The molecule has 0 saturated carbocycles. The topological polar surface area (TPSA) is 55.8 Å². The first-order valence-corrected chi connectivity index (χ1v) is 6.98. The Morgan fingerprint density at radius 3 is 2.38 bits per heavy atom. The molecular formula is C16H12ClF2NO4. The first-order valence-electron chi connectivity index (χ1n) is 6.60. The van der Waals surface area contributed by atoms with Crippen LogP contribution in [-0.4, -0.2) is 26.2 Å². The fourth-order valence-electron chi connectivity index (χ4n) is 2.07. The van der Waals surface area contributed by atoms with Gasteiger partial charge in [0, 0.05) is 12.3 Å². The molecule has 24 heavy (non-hydrogen) atoms. The van der Waals surface area contributed by atoms with E-state index in [1.165, 1.54) is 24.4 Å². The number of carbonyl (C=O) groups excluding carboxylic acids is 2. The molecular weight excluding hydrogens is 344 g/mol. The number of carbonyl (C=O) groups is 2. The smallest absolute Gasteiger partial charge is 0.355 e. The number of hydrogen-bond donors (Lipinski definition) is 0. The van der Waals surface area contributed by atoms with Crippen LogP contribution in [0.2, 0.25) is 5.02 Å². The Hall–Kier alpha value is -2.67. The highest BCUT2D eigenvalue weighted by molar-refractivity contribution is 6.33. The maximum atomic E-state index is 13.8. The van der Waals surface area contributed by atoms with Gasteiger partial charge in [0.15, 0.2) is 0 Å². The third-order valence-corrected chi connectivity index (χ3v) is 3.50. The van der Waals surface area contributed by atoms with E-state index in [0.717, 1.165) is 25.2 Å². The molecule has 0 amide bonds. The highest BCUT2D eigenvalue weighted by atomic mass is 35.5. The van der Waals surface area contributed by atoms with Crippen molar-refractivity contribution in [2.45, 2.75) is 0 Å². The molecule has 0 saturated heterocycles. The zero-order valence-electron chi connectivity index (χ0n) is 12.7. The van der Waals surface area contributed by atoms with Gasteiger partial charge in [-0.15, -0.1) is 0 Å². The van der Waals surface area contributed by atoms with E-state index in [9.17, 15) is 18.4 Å². The lowest BCUT2D eigenvalue weighted by Crippen LogP contribution is -2.27. The van der Waals surface area contributed by atoms with Gasteiger partial charge >= 0.3 is 11.9 Å². The number of hydrogen-bond acceptors (Lipinski definition) is 5. The second-order valence-electron chi connectivity index (χ2n) is 4.54. The summed E-state index contributed by atoms with van der Waals surface area (Å²) in [7, 11) is 2.24. The molecule has 0 aliphatic carbocycles. The zero-order chi connectivity index (χ0) is 17.9. The summed E-state index contributed by atoms with van der Waals surface area (Å²) in [5.41, 5.74) is -0.618. The highest BCUT2D eigenvalue weighted by Gasteiger charge is 2.29. The largest absolute Gasteiger partial charge is 0.465 e. The van der Waals surface area contributed by atoms with Crippen LogP contribution in [0.4, 0.5) is 14.5 Å². The molecule has 0 N–H and O–H groups in total. The van der Waals surface area contributed by atoms with E-state index in [1.54, 1.807) is 0 Å². The number of allylic oxidation sites excluding steroid dienone is 2. The maximum absolute atomic E-state index is 13.8. The van der Waals surface area contributed by atoms with Crippen molar-refractivity contribution in [1.29, 1.82) is 0 Å². The van der Waals surface area contributed by atoms with Gasteiger partial charge in [0.25, 0.3) is 0 Å². The van der Waals surface area contributed by atoms with E-state index in [2.05, 4.69) is 9.47 Å². The molecule has 1 aliphatic heterocycles. The number of ether oxygens (including phenoxy) is 2. The molecule has 0 aromatic heterocycles. The molecule has 0 bridgehead atoms. The predicted molar refractivity (Wildman–Crippen MR) is 83.2 cm³/mol. The molecule has 1 aromatic carbocycles. The highest BCUT2D eigenvalue weighted by Crippen LogP contribution is 2.34. The number of methoxy groups -OCH3 is 2. The van der Waals surface area contributed by atoms with Crippen LogP contribution in [-0.2, 0) is 19.1 Å². The van der Waals surface area contributed by atoms with E-state index in [0.29, 0.717) is 6.07 Å².